The smallest absolute Gasteiger partial charge is 0.204 e. The molecule has 8 bridgehead atoms. The second kappa shape index (κ2) is 12.1. The molecule has 0 saturated heterocycles. The molecule has 0 aliphatic heterocycles. The lowest BCUT2D eigenvalue weighted by Crippen LogP contribution is -2.50. The van der Waals surface area contributed by atoms with Crippen molar-refractivity contribution in [2.75, 3.05) is 103 Å². The van der Waals surface area contributed by atoms with Crippen molar-refractivity contribution in [3.05, 3.63) is 17.2 Å². The molecule has 8 fully saturated rings. The summed E-state index contributed by atoms with van der Waals surface area (Å²) in [5.41, 5.74) is 3.47. The third kappa shape index (κ3) is 7.22. The molecule has 1 aromatic carbocycles. The van der Waals surface area contributed by atoms with Gasteiger partial charge in [0.1, 0.15) is 39.5 Å². The number of likely N-dealkylation sites (N-methyl/N-ethyl adjacent to an activating group) is 3. The third-order valence-corrected chi connectivity index (χ3v) is 13.4. The summed E-state index contributed by atoms with van der Waals surface area (Å²) in [7, 11) is 20.5. The lowest BCUT2D eigenvalue weighted by molar-refractivity contribution is -0.870. The second-order valence-electron chi connectivity index (χ2n) is 20.9. The van der Waals surface area contributed by atoms with Crippen molar-refractivity contribution in [2.24, 2.45) is 35.5 Å². The van der Waals surface area contributed by atoms with Crippen LogP contribution in [-0.4, -0.2) is 116 Å². The van der Waals surface area contributed by atoms with Crippen molar-refractivity contribution in [3.8, 4) is 17.2 Å². The number of hydrogen-bond donors (Lipinski definition) is 0. The molecule has 47 heavy (non-hydrogen) atoms. The van der Waals surface area contributed by atoms with Crippen LogP contribution in [0.2, 0.25) is 0 Å². The molecule has 0 atom stereocenters. The third-order valence-electron chi connectivity index (χ3n) is 13.4. The molecule has 0 heterocycles. The van der Waals surface area contributed by atoms with Crippen LogP contribution in [0.4, 0.5) is 0 Å². The standard InChI is InChI=1S/C41H70N3O3/c1-42(2,3)10-13-45-37-35(40-23-29-16-30(24-40)18-31(17-29)25-40)22-36(41-26-32-19-33(27-41)21-34(20-32)28-41)38(46-14-11-43(4,5)6)39(37)47-15-12-44(7,8)9/h22,29-34H,10-21,23-28H2,1-9H3/q+3. The fraction of sp³-hybridized carbons (Fsp3) is 0.854. The maximum absolute atomic E-state index is 7.15. The Morgan fingerprint density at radius 3 is 0.957 bits per heavy atom. The van der Waals surface area contributed by atoms with Crippen molar-refractivity contribution in [1.82, 2.24) is 0 Å². The lowest BCUT2D eigenvalue weighted by Gasteiger charge is -2.59. The summed E-state index contributed by atoms with van der Waals surface area (Å²) in [6.07, 6.45) is 16.8. The van der Waals surface area contributed by atoms with Crippen LogP contribution in [0.1, 0.15) is 88.2 Å². The molecule has 6 nitrogen and oxygen atoms in total. The van der Waals surface area contributed by atoms with Gasteiger partial charge in [-0.05, 0) is 129 Å². The molecule has 0 N–H and O–H groups in total. The molecule has 8 aliphatic carbocycles. The Labute approximate surface area is 287 Å². The molecule has 9 rings (SSSR count). The van der Waals surface area contributed by atoms with Gasteiger partial charge in [0.25, 0.3) is 0 Å². The maximum Gasteiger partial charge on any atom is 0.204 e. The summed E-state index contributed by atoms with van der Waals surface area (Å²) in [6, 6.07) is 2.73. The highest BCUT2D eigenvalue weighted by molar-refractivity contribution is 5.64. The topological polar surface area (TPSA) is 27.7 Å². The number of nitrogens with zero attached hydrogens (tertiary/aromatic N) is 3. The van der Waals surface area contributed by atoms with Crippen LogP contribution in [0, 0.1) is 35.5 Å². The van der Waals surface area contributed by atoms with Crippen LogP contribution in [0.3, 0.4) is 0 Å². The van der Waals surface area contributed by atoms with Gasteiger partial charge >= 0.3 is 0 Å². The van der Waals surface area contributed by atoms with E-state index in [4.69, 9.17) is 14.2 Å². The van der Waals surface area contributed by atoms with E-state index in [2.05, 4.69) is 69.5 Å². The van der Waals surface area contributed by atoms with E-state index in [0.29, 0.717) is 19.8 Å². The van der Waals surface area contributed by atoms with E-state index in [1.54, 1.807) is 0 Å². The van der Waals surface area contributed by atoms with Crippen LogP contribution in [0.25, 0.3) is 0 Å². The van der Waals surface area contributed by atoms with Crippen LogP contribution in [0.5, 0.6) is 17.2 Å². The monoisotopic (exact) mass is 653 g/mol. The minimum Gasteiger partial charge on any atom is -0.483 e. The van der Waals surface area contributed by atoms with Crippen molar-refractivity contribution < 1.29 is 27.7 Å². The molecule has 264 valence electrons. The number of quaternary nitrogens is 3. The van der Waals surface area contributed by atoms with E-state index in [9.17, 15) is 0 Å². The van der Waals surface area contributed by atoms with Crippen molar-refractivity contribution in [1.29, 1.82) is 0 Å². The van der Waals surface area contributed by atoms with E-state index in [-0.39, 0.29) is 10.8 Å². The van der Waals surface area contributed by atoms with Gasteiger partial charge in [-0.3, -0.25) is 0 Å². The Bertz CT molecular complexity index is 1140. The highest BCUT2D eigenvalue weighted by Crippen LogP contribution is 2.67. The van der Waals surface area contributed by atoms with Gasteiger partial charge < -0.3 is 27.7 Å². The van der Waals surface area contributed by atoms with E-state index >= 15 is 0 Å². The first kappa shape index (κ1) is 34.0. The summed E-state index contributed by atoms with van der Waals surface area (Å²) in [5.74, 6) is 8.35. The summed E-state index contributed by atoms with van der Waals surface area (Å²) < 4.78 is 24.1. The molecule has 0 unspecified atom stereocenters. The predicted molar refractivity (Wildman–Crippen MR) is 191 cm³/mol. The van der Waals surface area contributed by atoms with Crippen LogP contribution < -0.4 is 14.2 Å². The van der Waals surface area contributed by atoms with E-state index < -0.39 is 0 Å². The van der Waals surface area contributed by atoms with Gasteiger partial charge in [-0.15, -0.1) is 0 Å². The summed E-state index contributed by atoms with van der Waals surface area (Å²) >= 11 is 0. The van der Waals surface area contributed by atoms with Crippen molar-refractivity contribution in [2.45, 2.75) is 87.9 Å². The zero-order valence-corrected chi connectivity index (χ0v) is 31.8. The van der Waals surface area contributed by atoms with Gasteiger partial charge in [0.15, 0.2) is 11.5 Å². The maximum atomic E-state index is 7.15. The molecule has 0 aromatic heterocycles. The minimum atomic E-state index is 0.219. The molecular weight excluding hydrogens is 582 g/mol. The number of rotatable bonds is 14. The number of benzene rings is 1. The second-order valence-corrected chi connectivity index (χ2v) is 20.9. The summed E-state index contributed by atoms with van der Waals surface area (Å²) in [5, 5.41) is 0. The van der Waals surface area contributed by atoms with Crippen molar-refractivity contribution >= 4 is 0 Å². The zero-order chi connectivity index (χ0) is 33.4. The number of hydrogen-bond acceptors (Lipinski definition) is 3. The van der Waals surface area contributed by atoms with E-state index in [1.165, 1.54) is 88.2 Å². The molecule has 0 spiro atoms. The Balaban J connectivity index is 1.40. The molecule has 8 aliphatic rings. The zero-order valence-electron chi connectivity index (χ0n) is 31.8. The van der Waals surface area contributed by atoms with Crippen molar-refractivity contribution in [3.63, 3.8) is 0 Å². The van der Waals surface area contributed by atoms with Gasteiger partial charge in [-0.2, -0.15) is 0 Å². The molecular formula is C41H70N3O3+3. The van der Waals surface area contributed by atoms with Gasteiger partial charge in [0, 0.05) is 11.1 Å². The fourth-order valence-corrected chi connectivity index (χ4v) is 12.0. The average Bonchev–Trinajstić information content (AvgIpc) is 2.90. The molecule has 0 amide bonds. The Kier molecular flexibility index (Phi) is 8.73. The van der Waals surface area contributed by atoms with Gasteiger partial charge in [-0.25, -0.2) is 0 Å². The highest BCUT2D eigenvalue weighted by atomic mass is 16.5. The molecule has 1 aromatic rings. The van der Waals surface area contributed by atoms with Gasteiger partial charge in [0.05, 0.1) is 63.4 Å². The SMILES string of the molecule is C[N+](C)(C)CCOc1c(C23CC4CC(CC(C4)C2)C3)cc(C23CC4CC(CC(C4)C2)C3)c(OCC[N+](C)(C)C)c1OCC[N+](C)(C)C. The molecule has 6 heteroatoms. The summed E-state index contributed by atoms with van der Waals surface area (Å²) in [6.45, 7) is 4.95. The number of ether oxygens (including phenoxy) is 3. The first-order chi connectivity index (χ1) is 22.0. The Hall–Kier alpha value is -1.50. The van der Waals surface area contributed by atoms with Gasteiger partial charge in [-0.1, -0.05) is 0 Å². The first-order valence-electron chi connectivity index (χ1n) is 19.5. The van der Waals surface area contributed by atoms with Crippen LogP contribution >= 0.6 is 0 Å². The first-order valence-corrected chi connectivity index (χ1v) is 19.5. The lowest BCUT2D eigenvalue weighted by atomic mass is 9.46. The quantitative estimate of drug-likeness (QED) is 0.205. The van der Waals surface area contributed by atoms with E-state index in [0.717, 1.165) is 85.8 Å². The largest absolute Gasteiger partial charge is 0.483 e. The van der Waals surface area contributed by atoms with Crippen LogP contribution in [-0.2, 0) is 10.8 Å². The van der Waals surface area contributed by atoms with Gasteiger partial charge in [0.2, 0.25) is 5.75 Å². The molecule has 0 radical (unpaired) electrons. The minimum absolute atomic E-state index is 0.219. The normalized spacial score (nSPS) is 35.9. The Morgan fingerprint density at radius 2 is 0.702 bits per heavy atom. The Morgan fingerprint density at radius 1 is 0.447 bits per heavy atom. The van der Waals surface area contributed by atoms with Crippen LogP contribution in [0.15, 0.2) is 6.07 Å². The fourth-order valence-electron chi connectivity index (χ4n) is 12.0. The highest BCUT2D eigenvalue weighted by Gasteiger charge is 2.56. The van der Waals surface area contributed by atoms with E-state index in [1.807, 2.05) is 0 Å². The average molecular weight is 653 g/mol. The summed E-state index contributed by atoms with van der Waals surface area (Å²) in [4.78, 5) is 0. The molecule has 8 saturated carbocycles. The predicted octanol–water partition coefficient (Wildman–Crippen LogP) is 6.88.